The molecule has 1 heterocycles. The Labute approximate surface area is 118 Å². The van der Waals surface area contributed by atoms with Crippen LogP contribution in [0.15, 0.2) is 23.1 Å². The molecule has 1 aliphatic carbocycles. The molecule has 0 unspecified atom stereocenters. The van der Waals surface area contributed by atoms with Crippen molar-refractivity contribution in [3.8, 4) is 0 Å². The van der Waals surface area contributed by atoms with E-state index in [1.54, 1.807) is 18.2 Å². The molecule has 1 aliphatic heterocycles. The van der Waals surface area contributed by atoms with Crippen molar-refractivity contribution in [1.82, 2.24) is 4.72 Å². The summed E-state index contributed by atoms with van der Waals surface area (Å²) in [6.07, 6.45) is 3.19. The van der Waals surface area contributed by atoms with Crippen LogP contribution in [0.3, 0.4) is 0 Å². The zero-order chi connectivity index (χ0) is 14.3. The summed E-state index contributed by atoms with van der Waals surface area (Å²) in [5, 5.41) is 2.75. The Balaban J connectivity index is 1.84. The smallest absolute Gasteiger partial charge is 0.240 e. The summed E-state index contributed by atoms with van der Waals surface area (Å²) < 4.78 is 27.4. The SMILES string of the molecule is C[C@H](NS(=O)(=O)c1ccc2c(c1)CCC(=O)N2)C1CC1. The van der Waals surface area contributed by atoms with Crippen molar-refractivity contribution in [2.75, 3.05) is 5.32 Å². The Morgan fingerprint density at radius 3 is 2.75 bits per heavy atom. The summed E-state index contributed by atoms with van der Waals surface area (Å²) in [7, 11) is -3.47. The highest BCUT2D eigenvalue weighted by Crippen LogP contribution is 2.33. The Bertz CT molecular complexity index is 650. The van der Waals surface area contributed by atoms with Gasteiger partial charge in [0.25, 0.3) is 0 Å². The Hall–Kier alpha value is -1.40. The largest absolute Gasteiger partial charge is 0.326 e. The molecular weight excluding hydrogens is 276 g/mol. The Kier molecular flexibility index (Phi) is 3.30. The van der Waals surface area contributed by atoms with Gasteiger partial charge in [-0.15, -0.1) is 0 Å². The molecule has 1 saturated carbocycles. The maximum atomic E-state index is 12.3. The maximum absolute atomic E-state index is 12.3. The molecular formula is C14H18N2O3S. The number of sulfonamides is 1. The summed E-state index contributed by atoms with van der Waals surface area (Å²) >= 11 is 0. The third-order valence-corrected chi connectivity index (χ3v) is 5.51. The third kappa shape index (κ3) is 2.71. The molecule has 1 amide bonds. The summed E-state index contributed by atoms with van der Waals surface area (Å²) in [6, 6.07) is 4.86. The minimum Gasteiger partial charge on any atom is -0.326 e. The van der Waals surface area contributed by atoms with Crippen molar-refractivity contribution < 1.29 is 13.2 Å². The van der Waals surface area contributed by atoms with Crippen LogP contribution < -0.4 is 10.0 Å². The van der Waals surface area contributed by atoms with Gasteiger partial charge in [-0.1, -0.05) is 0 Å². The first-order chi connectivity index (χ1) is 9.45. The van der Waals surface area contributed by atoms with Gasteiger partial charge < -0.3 is 5.32 Å². The first-order valence-corrected chi connectivity index (χ1v) is 8.39. The van der Waals surface area contributed by atoms with Gasteiger partial charge >= 0.3 is 0 Å². The molecule has 5 nitrogen and oxygen atoms in total. The minimum absolute atomic E-state index is 0.0178. The van der Waals surface area contributed by atoms with E-state index in [1.165, 1.54) is 0 Å². The highest BCUT2D eigenvalue weighted by atomic mass is 32.2. The van der Waals surface area contributed by atoms with Crippen molar-refractivity contribution >= 4 is 21.6 Å². The number of benzene rings is 1. The molecule has 20 heavy (non-hydrogen) atoms. The number of rotatable bonds is 4. The second-order valence-corrected chi connectivity index (χ2v) is 7.33. The van der Waals surface area contributed by atoms with Crippen LogP contribution in [0.25, 0.3) is 0 Å². The van der Waals surface area contributed by atoms with E-state index in [0.29, 0.717) is 18.8 Å². The molecule has 0 aromatic heterocycles. The molecule has 3 rings (SSSR count). The number of carbonyl (C=O) groups excluding carboxylic acids is 1. The van der Waals surface area contributed by atoms with E-state index in [4.69, 9.17) is 0 Å². The first-order valence-electron chi connectivity index (χ1n) is 6.91. The molecule has 0 bridgehead atoms. The summed E-state index contributed by atoms with van der Waals surface area (Å²) in [4.78, 5) is 11.6. The van der Waals surface area contributed by atoms with Crippen LogP contribution in [0.2, 0.25) is 0 Å². The number of carbonyl (C=O) groups is 1. The van der Waals surface area contributed by atoms with Gasteiger partial charge in [-0.2, -0.15) is 0 Å². The fourth-order valence-electron chi connectivity index (χ4n) is 2.53. The average molecular weight is 294 g/mol. The van der Waals surface area contributed by atoms with E-state index in [9.17, 15) is 13.2 Å². The van der Waals surface area contributed by atoms with Crippen LogP contribution in [-0.4, -0.2) is 20.4 Å². The van der Waals surface area contributed by atoms with E-state index >= 15 is 0 Å². The normalized spacial score (nSPS) is 20.1. The van der Waals surface area contributed by atoms with Crippen molar-refractivity contribution in [2.45, 2.75) is 43.5 Å². The van der Waals surface area contributed by atoms with E-state index in [1.807, 2.05) is 6.92 Å². The number of hydrogen-bond donors (Lipinski definition) is 2. The highest BCUT2D eigenvalue weighted by Gasteiger charge is 2.31. The fourth-order valence-corrected chi connectivity index (χ4v) is 3.89. The standard InChI is InChI=1S/C14H18N2O3S/c1-9(10-2-3-10)16-20(18,19)12-5-6-13-11(8-12)4-7-14(17)15-13/h5-6,8-10,16H,2-4,7H2,1H3,(H,15,17)/t9-/m0/s1. The van der Waals surface area contributed by atoms with E-state index < -0.39 is 10.0 Å². The Morgan fingerprint density at radius 1 is 1.30 bits per heavy atom. The van der Waals surface area contributed by atoms with Gasteiger partial charge in [-0.3, -0.25) is 4.79 Å². The number of fused-ring (bicyclic) bond motifs is 1. The summed E-state index contributed by atoms with van der Waals surface area (Å²) in [5.41, 5.74) is 1.60. The van der Waals surface area contributed by atoms with Crippen LogP contribution in [0.5, 0.6) is 0 Å². The third-order valence-electron chi connectivity index (χ3n) is 3.95. The predicted octanol–water partition coefficient (Wildman–Crippen LogP) is 1.65. The van der Waals surface area contributed by atoms with Gasteiger partial charge in [-0.05, 0) is 55.9 Å². The fraction of sp³-hybridized carbons (Fsp3) is 0.500. The van der Waals surface area contributed by atoms with Crippen molar-refractivity contribution in [3.63, 3.8) is 0 Å². The van der Waals surface area contributed by atoms with E-state index in [2.05, 4.69) is 10.0 Å². The topological polar surface area (TPSA) is 75.3 Å². The molecule has 6 heteroatoms. The van der Waals surface area contributed by atoms with E-state index in [0.717, 1.165) is 24.1 Å². The van der Waals surface area contributed by atoms with Crippen LogP contribution in [-0.2, 0) is 21.2 Å². The van der Waals surface area contributed by atoms with Gasteiger partial charge in [-0.25, -0.2) is 13.1 Å². The number of anilines is 1. The number of nitrogens with one attached hydrogen (secondary N) is 2. The number of aryl methyl sites for hydroxylation is 1. The minimum atomic E-state index is -3.47. The highest BCUT2D eigenvalue weighted by molar-refractivity contribution is 7.89. The number of hydrogen-bond acceptors (Lipinski definition) is 3. The molecule has 0 radical (unpaired) electrons. The van der Waals surface area contributed by atoms with Crippen LogP contribution in [0.1, 0.15) is 31.7 Å². The molecule has 0 spiro atoms. The van der Waals surface area contributed by atoms with Crippen LogP contribution in [0, 0.1) is 5.92 Å². The van der Waals surface area contributed by atoms with Crippen molar-refractivity contribution in [1.29, 1.82) is 0 Å². The second kappa shape index (κ2) is 4.86. The first kappa shape index (κ1) is 13.6. The van der Waals surface area contributed by atoms with Crippen LogP contribution >= 0.6 is 0 Å². The van der Waals surface area contributed by atoms with Gasteiger partial charge in [0.05, 0.1) is 4.90 Å². The molecule has 1 fully saturated rings. The molecule has 108 valence electrons. The summed E-state index contributed by atoms with van der Waals surface area (Å²) in [5.74, 6) is 0.454. The zero-order valence-corrected chi connectivity index (χ0v) is 12.2. The monoisotopic (exact) mass is 294 g/mol. The van der Waals surface area contributed by atoms with Gasteiger partial charge in [0, 0.05) is 18.2 Å². The van der Waals surface area contributed by atoms with E-state index in [-0.39, 0.29) is 16.8 Å². The quantitative estimate of drug-likeness (QED) is 0.886. The molecule has 1 atom stereocenters. The maximum Gasteiger partial charge on any atom is 0.240 e. The average Bonchev–Trinajstić information content (AvgIpc) is 3.21. The lowest BCUT2D eigenvalue weighted by Gasteiger charge is -2.18. The molecule has 2 N–H and O–H groups in total. The lowest BCUT2D eigenvalue weighted by Crippen LogP contribution is -2.34. The number of amides is 1. The molecule has 2 aliphatic rings. The molecule has 1 aromatic rings. The lowest BCUT2D eigenvalue weighted by atomic mass is 10.0. The Morgan fingerprint density at radius 2 is 2.05 bits per heavy atom. The van der Waals surface area contributed by atoms with Crippen molar-refractivity contribution in [3.05, 3.63) is 23.8 Å². The predicted molar refractivity (Wildman–Crippen MR) is 75.9 cm³/mol. The van der Waals surface area contributed by atoms with Gasteiger partial charge in [0.2, 0.25) is 15.9 Å². The van der Waals surface area contributed by atoms with Gasteiger partial charge in [0.1, 0.15) is 0 Å². The molecule has 1 aromatic carbocycles. The zero-order valence-electron chi connectivity index (χ0n) is 11.3. The molecule has 0 saturated heterocycles. The van der Waals surface area contributed by atoms with Crippen molar-refractivity contribution in [2.24, 2.45) is 5.92 Å². The van der Waals surface area contributed by atoms with Gasteiger partial charge in [0.15, 0.2) is 0 Å². The lowest BCUT2D eigenvalue weighted by molar-refractivity contribution is -0.116. The van der Waals surface area contributed by atoms with Crippen LogP contribution in [0.4, 0.5) is 5.69 Å². The summed E-state index contributed by atoms with van der Waals surface area (Å²) in [6.45, 7) is 1.91. The second-order valence-electron chi connectivity index (χ2n) is 5.61.